The van der Waals surface area contributed by atoms with E-state index < -0.39 is 11.9 Å². The lowest BCUT2D eigenvalue weighted by atomic mass is 10.0. The summed E-state index contributed by atoms with van der Waals surface area (Å²) in [5.74, 6) is -1.92. The van der Waals surface area contributed by atoms with Gasteiger partial charge in [-0.25, -0.2) is 0 Å². The maximum absolute atomic E-state index is 12.2. The second-order valence-corrected chi connectivity index (χ2v) is 6.53. The Morgan fingerprint density at radius 2 is 1.95 bits per heavy atom. The first-order valence-electron chi connectivity index (χ1n) is 7.25. The van der Waals surface area contributed by atoms with Crippen molar-refractivity contribution in [2.75, 3.05) is 0 Å². The third kappa shape index (κ3) is 3.36. The van der Waals surface area contributed by atoms with Crippen LogP contribution >= 0.6 is 11.3 Å². The van der Waals surface area contributed by atoms with Crippen molar-refractivity contribution in [2.45, 2.75) is 18.9 Å². The zero-order valence-corrected chi connectivity index (χ0v) is 12.8. The molecule has 2 aromatic rings. The van der Waals surface area contributed by atoms with E-state index in [1.807, 2.05) is 47.8 Å². The van der Waals surface area contributed by atoms with Crippen LogP contribution in [0, 0.1) is 11.8 Å². The van der Waals surface area contributed by atoms with Crippen molar-refractivity contribution >= 4 is 23.2 Å². The average Bonchev–Trinajstić information content (AvgIpc) is 3.15. The number of carboxylic acid groups (broad SMARTS) is 1. The Labute approximate surface area is 132 Å². The van der Waals surface area contributed by atoms with E-state index in [2.05, 4.69) is 5.32 Å². The largest absolute Gasteiger partial charge is 0.481 e. The molecule has 114 valence electrons. The molecule has 1 amide bonds. The third-order valence-electron chi connectivity index (χ3n) is 3.93. The number of carbonyl (C=O) groups excluding carboxylic acids is 1. The van der Waals surface area contributed by atoms with Crippen LogP contribution in [0.4, 0.5) is 0 Å². The van der Waals surface area contributed by atoms with Gasteiger partial charge in [0.25, 0.3) is 0 Å². The van der Waals surface area contributed by atoms with Crippen molar-refractivity contribution in [2.24, 2.45) is 11.8 Å². The molecule has 3 unspecified atom stereocenters. The van der Waals surface area contributed by atoms with E-state index in [-0.39, 0.29) is 17.9 Å². The third-order valence-corrected chi connectivity index (χ3v) is 4.92. The lowest BCUT2D eigenvalue weighted by molar-refractivity contribution is -0.140. The molecule has 1 aliphatic carbocycles. The van der Waals surface area contributed by atoms with Gasteiger partial charge in [0.1, 0.15) is 0 Å². The van der Waals surface area contributed by atoms with Crippen molar-refractivity contribution in [3.63, 3.8) is 0 Å². The van der Waals surface area contributed by atoms with Crippen LogP contribution < -0.4 is 5.32 Å². The molecule has 2 N–H and O–H groups in total. The van der Waals surface area contributed by atoms with Crippen LogP contribution in [0.3, 0.4) is 0 Å². The molecule has 0 bridgehead atoms. The Kier molecular flexibility index (Phi) is 4.24. The van der Waals surface area contributed by atoms with Crippen LogP contribution in [-0.4, -0.2) is 17.0 Å². The zero-order valence-electron chi connectivity index (χ0n) is 11.9. The number of carboxylic acids is 1. The highest BCUT2D eigenvalue weighted by Gasteiger charge is 2.48. The van der Waals surface area contributed by atoms with Gasteiger partial charge in [0.15, 0.2) is 0 Å². The number of nitrogens with one attached hydrogen (secondary N) is 1. The van der Waals surface area contributed by atoms with Crippen molar-refractivity contribution < 1.29 is 14.7 Å². The number of carbonyl (C=O) groups is 2. The van der Waals surface area contributed by atoms with Gasteiger partial charge in [0.05, 0.1) is 17.9 Å². The molecule has 4 nitrogen and oxygen atoms in total. The monoisotopic (exact) mass is 315 g/mol. The van der Waals surface area contributed by atoms with E-state index in [9.17, 15) is 9.59 Å². The summed E-state index contributed by atoms with van der Waals surface area (Å²) in [7, 11) is 0. The van der Waals surface area contributed by atoms with Crippen molar-refractivity contribution in [1.29, 1.82) is 0 Å². The number of rotatable bonds is 6. The summed E-state index contributed by atoms with van der Waals surface area (Å²) in [6.07, 6.45) is 1.15. The molecule has 1 aliphatic rings. The number of hydrogen-bond acceptors (Lipinski definition) is 3. The van der Waals surface area contributed by atoms with Gasteiger partial charge < -0.3 is 10.4 Å². The molecule has 1 heterocycles. The minimum Gasteiger partial charge on any atom is -0.481 e. The lowest BCUT2D eigenvalue weighted by Crippen LogP contribution is -2.31. The van der Waals surface area contributed by atoms with E-state index >= 15 is 0 Å². The summed E-state index contributed by atoms with van der Waals surface area (Å²) in [4.78, 5) is 24.2. The van der Waals surface area contributed by atoms with Crippen LogP contribution in [0.2, 0.25) is 0 Å². The van der Waals surface area contributed by atoms with Gasteiger partial charge in [0, 0.05) is 4.88 Å². The number of amides is 1. The average molecular weight is 315 g/mol. The summed E-state index contributed by atoms with van der Waals surface area (Å²) < 4.78 is 0. The molecule has 1 aromatic carbocycles. The Bertz CT molecular complexity index is 654. The molecule has 3 rings (SSSR count). The molecule has 0 radical (unpaired) electrons. The van der Waals surface area contributed by atoms with E-state index in [0.717, 1.165) is 10.4 Å². The quantitative estimate of drug-likeness (QED) is 0.861. The van der Waals surface area contributed by atoms with Crippen molar-refractivity contribution in [3.8, 4) is 0 Å². The second-order valence-electron chi connectivity index (χ2n) is 5.55. The highest BCUT2D eigenvalue weighted by molar-refractivity contribution is 7.10. The van der Waals surface area contributed by atoms with E-state index in [4.69, 9.17) is 5.11 Å². The Morgan fingerprint density at radius 3 is 2.55 bits per heavy atom. The van der Waals surface area contributed by atoms with Crippen molar-refractivity contribution in [1.82, 2.24) is 5.32 Å². The number of aliphatic carboxylic acids is 1. The second kappa shape index (κ2) is 6.32. The van der Waals surface area contributed by atoms with Crippen LogP contribution in [0.15, 0.2) is 47.8 Å². The van der Waals surface area contributed by atoms with Gasteiger partial charge >= 0.3 is 5.97 Å². The first kappa shape index (κ1) is 14.8. The first-order valence-corrected chi connectivity index (χ1v) is 8.13. The topological polar surface area (TPSA) is 66.4 Å². The highest BCUT2D eigenvalue weighted by Crippen LogP contribution is 2.39. The molecule has 0 spiro atoms. The van der Waals surface area contributed by atoms with Crippen LogP contribution in [0.1, 0.15) is 22.9 Å². The number of hydrogen-bond donors (Lipinski definition) is 2. The van der Waals surface area contributed by atoms with Gasteiger partial charge in [-0.2, -0.15) is 0 Å². The molecule has 0 saturated heterocycles. The predicted molar refractivity (Wildman–Crippen MR) is 84.6 cm³/mol. The zero-order chi connectivity index (χ0) is 15.5. The summed E-state index contributed by atoms with van der Waals surface area (Å²) in [6, 6.07) is 13.8. The molecule has 3 atom stereocenters. The summed E-state index contributed by atoms with van der Waals surface area (Å²) in [5, 5.41) is 14.0. The van der Waals surface area contributed by atoms with Gasteiger partial charge in [-0.3, -0.25) is 9.59 Å². The predicted octanol–water partition coefficient (Wildman–Crippen LogP) is 2.87. The first-order chi connectivity index (χ1) is 10.6. The Hall–Kier alpha value is -2.14. The van der Waals surface area contributed by atoms with Gasteiger partial charge in [0.2, 0.25) is 5.91 Å². The summed E-state index contributed by atoms with van der Waals surface area (Å²) >= 11 is 1.60. The van der Waals surface area contributed by atoms with E-state index in [0.29, 0.717) is 12.8 Å². The van der Waals surface area contributed by atoms with Crippen molar-refractivity contribution in [3.05, 3.63) is 58.3 Å². The summed E-state index contributed by atoms with van der Waals surface area (Å²) in [6.45, 7) is 0. The van der Waals surface area contributed by atoms with E-state index in [1.165, 1.54) is 0 Å². The molecule has 1 saturated carbocycles. The standard InChI is InChI=1S/C17H17NO3S/c19-16(12-10-13(12)17(20)21)18-14(15-7-4-8-22-15)9-11-5-2-1-3-6-11/h1-8,12-14H,9-10H2,(H,18,19)(H,20,21). The Balaban J connectivity index is 1.70. The molecule has 22 heavy (non-hydrogen) atoms. The molecular weight excluding hydrogens is 298 g/mol. The van der Waals surface area contributed by atoms with Crippen LogP contribution in [-0.2, 0) is 16.0 Å². The maximum atomic E-state index is 12.2. The van der Waals surface area contributed by atoms with Crippen LogP contribution in [0.25, 0.3) is 0 Å². The fraction of sp³-hybridized carbons (Fsp3) is 0.294. The minimum absolute atomic E-state index is 0.107. The van der Waals surface area contributed by atoms with Crippen LogP contribution in [0.5, 0.6) is 0 Å². The van der Waals surface area contributed by atoms with Gasteiger partial charge in [-0.15, -0.1) is 11.3 Å². The fourth-order valence-electron chi connectivity index (χ4n) is 2.60. The summed E-state index contributed by atoms with van der Waals surface area (Å²) in [5.41, 5.74) is 1.15. The number of thiophene rings is 1. The van der Waals surface area contributed by atoms with E-state index in [1.54, 1.807) is 11.3 Å². The fourth-order valence-corrected chi connectivity index (χ4v) is 3.38. The smallest absolute Gasteiger partial charge is 0.307 e. The molecule has 1 aromatic heterocycles. The van der Waals surface area contributed by atoms with Gasteiger partial charge in [-0.1, -0.05) is 36.4 Å². The Morgan fingerprint density at radius 1 is 1.18 bits per heavy atom. The maximum Gasteiger partial charge on any atom is 0.307 e. The highest BCUT2D eigenvalue weighted by atomic mass is 32.1. The molecule has 5 heteroatoms. The number of benzene rings is 1. The normalized spacial score (nSPS) is 21.1. The molecular formula is C17H17NO3S. The molecule has 1 fully saturated rings. The molecule has 0 aliphatic heterocycles. The van der Waals surface area contributed by atoms with Gasteiger partial charge in [-0.05, 0) is 29.9 Å². The lowest BCUT2D eigenvalue weighted by Gasteiger charge is -2.18. The minimum atomic E-state index is -0.879. The SMILES string of the molecule is O=C(O)C1CC1C(=O)NC(Cc1ccccc1)c1cccs1.